The second-order valence-corrected chi connectivity index (χ2v) is 9.35. The number of hydrogen-bond donors (Lipinski definition) is 0. The molecule has 31 heavy (non-hydrogen) atoms. The minimum absolute atomic E-state index is 0.262. The Bertz CT molecular complexity index is 994. The lowest BCUT2D eigenvalue weighted by atomic mass is 9.89. The first kappa shape index (κ1) is 20.5. The van der Waals surface area contributed by atoms with Crippen molar-refractivity contribution in [3.05, 3.63) is 58.6 Å². The summed E-state index contributed by atoms with van der Waals surface area (Å²) in [7, 11) is 0. The lowest BCUT2D eigenvalue weighted by molar-refractivity contribution is 0.0926. The third-order valence-electron chi connectivity index (χ3n) is 6.91. The molecular weight excluding hydrogens is 410 g/mol. The normalized spacial score (nSPS) is 20.4. The van der Waals surface area contributed by atoms with Gasteiger partial charge in [0.15, 0.2) is 0 Å². The van der Waals surface area contributed by atoms with Crippen LogP contribution in [0.2, 0.25) is 5.02 Å². The molecule has 0 unspecified atom stereocenters. The molecule has 2 amide bonds. The summed E-state index contributed by atoms with van der Waals surface area (Å²) in [6.45, 7) is 4.95. The van der Waals surface area contributed by atoms with Crippen molar-refractivity contribution in [3.8, 4) is 0 Å². The van der Waals surface area contributed by atoms with Gasteiger partial charge in [-0.05, 0) is 49.1 Å². The Morgan fingerprint density at radius 2 is 1.61 bits per heavy atom. The van der Waals surface area contributed by atoms with Crippen molar-refractivity contribution >= 4 is 34.8 Å². The van der Waals surface area contributed by atoms with Crippen LogP contribution in [0.1, 0.15) is 52.8 Å². The minimum atomic E-state index is -0.278. The number of amides is 2. The largest absolute Gasteiger partial charge is 0.368 e. The predicted octanol–water partition coefficient (Wildman–Crippen LogP) is 4.84. The second kappa shape index (κ2) is 8.64. The Kier molecular flexibility index (Phi) is 5.72. The Labute approximate surface area is 188 Å². The van der Waals surface area contributed by atoms with Gasteiger partial charge in [-0.25, -0.2) is 4.90 Å². The highest BCUT2D eigenvalue weighted by Crippen LogP contribution is 2.35. The highest BCUT2D eigenvalue weighted by molar-refractivity contribution is 6.37. The van der Waals surface area contributed by atoms with Gasteiger partial charge in [0, 0.05) is 37.7 Å². The number of hydrogen-bond acceptors (Lipinski definition) is 4. The summed E-state index contributed by atoms with van der Waals surface area (Å²) in [6.07, 6.45) is 6.87. The van der Waals surface area contributed by atoms with Gasteiger partial charge in [0.2, 0.25) is 0 Å². The summed E-state index contributed by atoms with van der Waals surface area (Å²) < 4.78 is 0. The van der Waals surface area contributed by atoms with Crippen LogP contribution < -0.4 is 9.80 Å². The molecule has 5 rings (SSSR count). The van der Waals surface area contributed by atoms with E-state index in [1.165, 1.54) is 43.5 Å². The molecule has 2 aromatic carbocycles. The van der Waals surface area contributed by atoms with Crippen molar-refractivity contribution in [1.29, 1.82) is 0 Å². The fraction of sp³-hybridized carbons (Fsp3) is 0.440. The molecular formula is C25H28ClN3O2. The molecule has 1 aliphatic carbocycles. The Hall–Kier alpha value is -2.37. The summed E-state index contributed by atoms with van der Waals surface area (Å²) >= 11 is 6.10. The molecule has 2 fully saturated rings. The summed E-state index contributed by atoms with van der Waals surface area (Å²) in [5.41, 5.74) is 2.39. The number of carbonyl (C=O) groups is 2. The van der Waals surface area contributed by atoms with Gasteiger partial charge in [-0.2, -0.15) is 0 Å². The minimum Gasteiger partial charge on any atom is -0.368 e. The van der Waals surface area contributed by atoms with Crippen LogP contribution in [0.4, 0.5) is 11.4 Å². The van der Waals surface area contributed by atoms with Gasteiger partial charge in [-0.1, -0.05) is 43.0 Å². The first-order chi connectivity index (χ1) is 15.1. The molecule has 2 aliphatic heterocycles. The zero-order valence-electron chi connectivity index (χ0n) is 17.7. The van der Waals surface area contributed by atoms with E-state index in [0.29, 0.717) is 21.8 Å². The summed E-state index contributed by atoms with van der Waals surface area (Å²) in [5, 5.41) is 0.503. The molecule has 0 bridgehead atoms. The van der Waals surface area contributed by atoms with Crippen molar-refractivity contribution in [2.75, 3.05) is 42.5 Å². The molecule has 162 valence electrons. The number of halogens is 1. The van der Waals surface area contributed by atoms with Gasteiger partial charge in [0.1, 0.15) is 0 Å². The molecule has 1 saturated carbocycles. The summed E-state index contributed by atoms with van der Waals surface area (Å²) in [4.78, 5) is 32.5. The van der Waals surface area contributed by atoms with E-state index in [4.69, 9.17) is 11.6 Å². The van der Waals surface area contributed by atoms with Crippen LogP contribution in [0.15, 0.2) is 42.5 Å². The van der Waals surface area contributed by atoms with Crippen LogP contribution in [0.5, 0.6) is 0 Å². The fourth-order valence-electron chi connectivity index (χ4n) is 5.29. The zero-order valence-corrected chi connectivity index (χ0v) is 18.5. The number of rotatable bonds is 4. The van der Waals surface area contributed by atoms with E-state index in [9.17, 15) is 9.59 Å². The standard InChI is InChI=1S/C25H28ClN3O2/c26-19-8-4-9-20(16-19)29-24(30)21-10-5-11-22(23(21)25(29)31)28-14-12-27(13-15-28)17-18-6-2-1-3-7-18/h4-5,8-11,16,18H,1-3,6-7,12-15,17H2. The van der Waals surface area contributed by atoms with Gasteiger partial charge in [0.05, 0.1) is 22.5 Å². The lowest BCUT2D eigenvalue weighted by Gasteiger charge is -2.38. The van der Waals surface area contributed by atoms with E-state index in [1.54, 1.807) is 30.3 Å². The van der Waals surface area contributed by atoms with Crippen LogP contribution in [0.25, 0.3) is 0 Å². The number of nitrogens with zero attached hydrogens (tertiary/aromatic N) is 3. The Morgan fingerprint density at radius 3 is 2.35 bits per heavy atom. The third-order valence-corrected chi connectivity index (χ3v) is 7.15. The number of fused-ring (bicyclic) bond motifs is 1. The highest BCUT2D eigenvalue weighted by atomic mass is 35.5. The molecule has 2 heterocycles. The lowest BCUT2D eigenvalue weighted by Crippen LogP contribution is -2.48. The zero-order chi connectivity index (χ0) is 21.4. The van der Waals surface area contributed by atoms with Crippen LogP contribution >= 0.6 is 11.6 Å². The molecule has 2 aromatic rings. The smallest absolute Gasteiger partial charge is 0.268 e. The van der Waals surface area contributed by atoms with Gasteiger partial charge in [0.25, 0.3) is 11.8 Å². The maximum Gasteiger partial charge on any atom is 0.268 e. The average Bonchev–Trinajstić information content (AvgIpc) is 3.05. The first-order valence-electron chi connectivity index (χ1n) is 11.4. The number of piperazine rings is 1. The monoisotopic (exact) mass is 437 g/mol. The summed E-state index contributed by atoms with van der Waals surface area (Å²) in [6, 6.07) is 12.5. The van der Waals surface area contributed by atoms with Crippen molar-refractivity contribution < 1.29 is 9.59 Å². The molecule has 6 heteroatoms. The molecule has 3 aliphatic rings. The van der Waals surface area contributed by atoms with Crippen molar-refractivity contribution in [2.45, 2.75) is 32.1 Å². The topological polar surface area (TPSA) is 43.9 Å². The van der Waals surface area contributed by atoms with E-state index in [1.807, 2.05) is 12.1 Å². The maximum atomic E-state index is 13.3. The highest BCUT2D eigenvalue weighted by Gasteiger charge is 2.39. The molecule has 5 nitrogen and oxygen atoms in total. The van der Waals surface area contributed by atoms with Crippen molar-refractivity contribution in [2.24, 2.45) is 5.92 Å². The first-order valence-corrected chi connectivity index (χ1v) is 11.7. The van der Waals surface area contributed by atoms with Crippen LogP contribution in [0.3, 0.4) is 0 Å². The van der Waals surface area contributed by atoms with Gasteiger partial charge in [-0.3, -0.25) is 14.5 Å². The third kappa shape index (κ3) is 3.97. The van der Waals surface area contributed by atoms with Crippen LogP contribution in [-0.2, 0) is 0 Å². The Morgan fingerprint density at radius 1 is 0.871 bits per heavy atom. The van der Waals surface area contributed by atoms with Crippen LogP contribution in [0, 0.1) is 5.92 Å². The van der Waals surface area contributed by atoms with E-state index in [0.717, 1.165) is 37.8 Å². The molecule has 0 N–H and O–H groups in total. The quantitative estimate of drug-likeness (QED) is 0.642. The number of benzene rings is 2. The number of imide groups is 1. The van der Waals surface area contributed by atoms with Crippen LogP contribution in [-0.4, -0.2) is 49.4 Å². The predicted molar refractivity (Wildman–Crippen MR) is 124 cm³/mol. The molecule has 1 saturated heterocycles. The second-order valence-electron chi connectivity index (χ2n) is 8.92. The Balaban J connectivity index is 1.33. The van der Waals surface area contributed by atoms with E-state index in [2.05, 4.69) is 9.80 Å². The molecule has 0 atom stereocenters. The number of anilines is 2. The molecule has 0 aromatic heterocycles. The van der Waals surface area contributed by atoms with Crippen molar-refractivity contribution in [1.82, 2.24) is 4.90 Å². The van der Waals surface area contributed by atoms with E-state index < -0.39 is 0 Å². The average molecular weight is 438 g/mol. The van der Waals surface area contributed by atoms with E-state index >= 15 is 0 Å². The van der Waals surface area contributed by atoms with Gasteiger partial charge >= 0.3 is 0 Å². The van der Waals surface area contributed by atoms with E-state index in [-0.39, 0.29) is 11.8 Å². The SMILES string of the molecule is O=C1c2cccc(N3CCN(CC4CCCCC4)CC3)c2C(=O)N1c1cccc(Cl)c1. The molecule has 0 spiro atoms. The van der Waals surface area contributed by atoms with Gasteiger partial charge in [-0.15, -0.1) is 0 Å². The maximum absolute atomic E-state index is 13.3. The summed E-state index contributed by atoms with van der Waals surface area (Å²) in [5.74, 6) is 0.300. The number of carbonyl (C=O) groups excluding carboxylic acids is 2. The fourth-order valence-corrected chi connectivity index (χ4v) is 5.47. The molecule has 0 radical (unpaired) electrons. The van der Waals surface area contributed by atoms with Gasteiger partial charge < -0.3 is 4.90 Å². The van der Waals surface area contributed by atoms with Crippen molar-refractivity contribution in [3.63, 3.8) is 0 Å².